The number of carboxylic acid groups (broad SMARTS) is 1. The average molecular weight is 277 g/mol. The summed E-state index contributed by atoms with van der Waals surface area (Å²) in [6.07, 6.45) is 0.658. The molecule has 5 heteroatoms. The molecule has 1 atom stereocenters. The molecule has 0 spiro atoms. The summed E-state index contributed by atoms with van der Waals surface area (Å²) in [5, 5.41) is 9.51. The normalized spacial score (nSPS) is 18.6. The molecule has 1 aromatic carbocycles. The van der Waals surface area contributed by atoms with Crippen molar-refractivity contribution in [1.82, 2.24) is 4.90 Å². The molecule has 1 heterocycles. The number of amides is 1. The monoisotopic (exact) mass is 277 g/mol. The minimum absolute atomic E-state index is 0.304. The lowest BCUT2D eigenvalue weighted by molar-refractivity contribution is -0.162. The lowest BCUT2D eigenvalue weighted by Crippen LogP contribution is -2.52. The molecule has 0 saturated carbocycles. The fourth-order valence-electron chi connectivity index (χ4n) is 2.48. The topological polar surface area (TPSA) is 66.8 Å². The predicted octanol–water partition coefficient (Wildman–Crippen LogP) is 1.62. The van der Waals surface area contributed by atoms with Gasteiger partial charge in [-0.15, -0.1) is 0 Å². The lowest BCUT2D eigenvalue weighted by Gasteiger charge is -2.38. The van der Waals surface area contributed by atoms with Crippen LogP contribution in [-0.2, 0) is 20.7 Å². The number of nitrogens with zero attached hydrogens (tertiary/aromatic N) is 1. The zero-order chi connectivity index (χ0) is 14.9. The maximum atomic E-state index is 12.5. The van der Waals surface area contributed by atoms with Crippen LogP contribution in [0.5, 0.6) is 0 Å². The molecule has 0 aromatic heterocycles. The van der Waals surface area contributed by atoms with Gasteiger partial charge in [0, 0.05) is 13.7 Å². The fourth-order valence-corrected chi connectivity index (χ4v) is 2.48. The molecule has 0 aliphatic carbocycles. The Balaban J connectivity index is 2.42. The Kier molecular flexibility index (Phi) is 3.81. The molecule has 0 fully saturated rings. The van der Waals surface area contributed by atoms with Crippen LogP contribution in [0.2, 0.25) is 0 Å². The molecule has 1 aliphatic heterocycles. The zero-order valence-corrected chi connectivity index (χ0v) is 11.9. The van der Waals surface area contributed by atoms with E-state index < -0.39 is 17.6 Å². The summed E-state index contributed by atoms with van der Waals surface area (Å²) in [6.45, 7) is 3.68. The molecule has 0 saturated heterocycles. The summed E-state index contributed by atoms with van der Waals surface area (Å²) in [5.41, 5.74) is 0.644. The Morgan fingerprint density at radius 2 is 2.00 bits per heavy atom. The van der Waals surface area contributed by atoms with Crippen molar-refractivity contribution in [2.24, 2.45) is 0 Å². The van der Waals surface area contributed by atoms with Crippen LogP contribution in [0.3, 0.4) is 0 Å². The van der Waals surface area contributed by atoms with Crippen molar-refractivity contribution in [3.05, 3.63) is 35.4 Å². The Labute approximate surface area is 118 Å². The summed E-state index contributed by atoms with van der Waals surface area (Å²) >= 11 is 0. The molecule has 1 N–H and O–H groups in total. The fraction of sp³-hybridized carbons (Fsp3) is 0.467. The summed E-state index contributed by atoms with van der Waals surface area (Å²) in [4.78, 5) is 25.5. The van der Waals surface area contributed by atoms with Crippen molar-refractivity contribution in [2.75, 3.05) is 13.7 Å². The standard InChI is InChI=1S/C15H19NO4/c1-15(2,20-3)14(19)16-9-8-10-6-4-5-7-11(10)12(16)13(17)18/h4-7,12H,8-9H2,1-3H3,(H,17,18). The number of hydrogen-bond acceptors (Lipinski definition) is 3. The van der Waals surface area contributed by atoms with E-state index in [1.165, 1.54) is 12.0 Å². The molecule has 0 bridgehead atoms. The van der Waals surface area contributed by atoms with E-state index in [-0.39, 0.29) is 5.91 Å². The van der Waals surface area contributed by atoms with E-state index in [2.05, 4.69) is 0 Å². The first kappa shape index (κ1) is 14.5. The van der Waals surface area contributed by atoms with Crippen LogP contribution in [0.15, 0.2) is 24.3 Å². The van der Waals surface area contributed by atoms with Crippen molar-refractivity contribution in [1.29, 1.82) is 0 Å². The largest absolute Gasteiger partial charge is 0.479 e. The molecule has 1 aromatic rings. The van der Waals surface area contributed by atoms with E-state index in [9.17, 15) is 14.7 Å². The van der Waals surface area contributed by atoms with Gasteiger partial charge in [0.15, 0.2) is 6.04 Å². The molecule has 108 valence electrons. The Hall–Kier alpha value is -1.88. The van der Waals surface area contributed by atoms with Gasteiger partial charge in [-0.25, -0.2) is 4.79 Å². The summed E-state index contributed by atoms with van der Waals surface area (Å²) in [6, 6.07) is 6.42. The van der Waals surface area contributed by atoms with Gasteiger partial charge in [-0.2, -0.15) is 0 Å². The van der Waals surface area contributed by atoms with E-state index in [1.807, 2.05) is 12.1 Å². The molecule has 2 rings (SSSR count). The number of fused-ring (bicyclic) bond motifs is 1. The molecule has 1 aliphatic rings. The van der Waals surface area contributed by atoms with Gasteiger partial charge < -0.3 is 14.7 Å². The third kappa shape index (κ3) is 2.41. The summed E-state index contributed by atoms with van der Waals surface area (Å²) < 4.78 is 5.18. The van der Waals surface area contributed by atoms with E-state index in [4.69, 9.17) is 4.74 Å². The SMILES string of the molecule is COC(C)(C)C(=O)N1CCc2ccccc2C1C(=O)O. The van der Waals surface area contributed by atoms with Crippen molar-refractivity contribution in [2.45, 2.75) is 31.9 Å². The molecular weight excluding hydrogens is 258 g/mol. The Bertz CT molecular complexity index is 538. The van der Waals surface area contributed by atoms with Gasteiger partial charge in [0.2, 0.25) is 0 Å². The first-order valence-corrected chi connectivity index (χ1v) is 6.55. The van der Waals surface area contributed by atoms with Crippen molar-refractivity contribution >= 4 is 11.9 Å². The van der Waals surface area contributed by atoms with Crippen LogP contribution < -0.4 is 0 Å². The first-order valence-electron chi connectivity index (χ1n) is 6.55. The minimum atomic E-state index is -1.03. The first-order chi connectivity index (χ1) is 9.38. The number of rotatable bonds is 3. The zero-order valence-electron chi connectivity index (χ0n) is 11.9. The van der Waals surface area contributed by atoms with Gasteiger partial charge >= 0.3 is 5.97 Å². The highest BCUT2D eigenvalue weighted by molar-refractivity contribution is 5.90. The number of carbonyl (C=O) groups excluding carboxylic acids is 1. The van der Waals surface area contributed by atoms with Gasteiger partial charge in [0.1, 0.15) is 5.60 Å². The second-order valence-corrected chi connectivity index (χ2v) is 5.40. The average Bonchev–Trinajstić information content (AvgIpc) is 2.44. The lowest BCUT2D eigenvalue weighted by atomic mass is 9.91. The summed E-state index contributed by atoms with van der Waals surface area (Å²) in [7, 11) is 1.45. The number of carbonyl (C=O) groups is 2. The summed E-state index contributed by atoms with van der Waals surface area (Å²) in [5.74, 6) is -1.32. The number of benzene rings is 1. The number of hydrogen-bond donors (Lipinski definition) is 1. The van der Waals surface area contributed by atoms with Crippen molar-refractivity contribution < 1.29 is 19.4 Å². The maximum Gasteiger partial charge on any atom is 0.331 e. The number of methoxy groups -OCH3 is 1. The molecule has 5 nitrogen and oxygen atoms in total. The molecule has 20 heavy (non-hydrogen) atoms. The van der Waals surface area contributed by atoms with E-state index in [0.29, 0.717) is 18.5 Å². The van der Waals surface area contributed by atoms with Crippen LogP contribution in [-0.4, -0.2) is 41.1 Å². The van der Waals surface area contributed by atoms with Crippen molar-refractivity contribution in [3.63, 3.8) is 0 Å². The second kappa shape index (κ2) is 5.25. The number of aliphatic carboxylic acids is 1. The van der Waals surface area contributed by atoms with Crippen LogP contribution in [0.4, 0.5) is 0 Å². The van der Waals surface area contributed by atoms with Gasteiger partial charge in [0.25, 0.3) is 5.91 Å². The van der Waals surface area contributed by atoms with Gasteiger partial charge in [-0.1, -0.05) is 24.3 Å². The highest BCUT2D eigenvalue weighted by Gasteiger charge is 2.41. The number of ether oxygens (including phenoxy) is 1. The van der Waals surface area contributed by atoms with Crippen LogP contribution in [0, 0.1) is 0 Å². The van der Waals surface area contributed by atoms with Gasteiger partial charge in [-0.05, 0) is 31.4 Å². The van der Waals surface area contributed by atoms with E-state index in [1.54, 1.807) is 26.0 Å². The Morgan fingerprint density at radius 3 is 2.60 bits per heavy atom. The third-order valence-electron chi connectivity index (χ3n) is 3.80. The maximum absolute atomic E-state index is 12.5. The van der Waals surface area contributed by atoms with Gasteiger partial charge in [0.05, 0.1) is 0 Å². The second-order valence-electron chi connectivity index (χ2n) is 5.40. The highest BCUT2D eigenvalue weighted by Crippen LogP contribution is 2.32. The van der Waals surface area contributed by atoms with Crippen LogP contribution in [0.25, 0.3) is 0 Å². The van der Waals surface area contributed by atoms with Crippen LogP contribution in [0.1, 0.15) is 31.0 Å². The predicted molar refractivity (Wildman–Crippen MR) is 73.3 cm³/mol. The molecule has 1 amide bonds. The minimum Gasteiger partial charge on any atom is -0.479 e. The van der Waals surface area contributed by atoms with E-state index in [0.717, 1.165) is 5.56 Å². The Morgan fingerprint density at radius 1 is 1.35 bits per heavy atom. The highest BCUT2D eigenvalue weighted by atomic mass is 16.5. The quantitative estimate of drug-likeness (QED) is 0.911. The van der Waals surface area contributed by atoms with Gasteiger partial charge in [-0.3, -0.25) is 4.79 Å². The molecule has 1 unspecified atom stereocenters. The van der Waals surface area contributed by atoms with E-state index >= 15 is 0 Å². The molecular formula is C15H19NO4. The number of carboxylic acids is 1. The third-order valence-corrected chi connectivity index (χ3v) is 3.80. The van der Waals surface area contributed by atoms with Crippen LogP contribution >= 0.6 is 0 Å². The molecule has 0 radical (unpaired) electrons. The van der Waals surface area contributed by atoms with Crippen molar-refractivity contribution in [3.8, 4) is 0 Å². The smallest absolute Gasteiger partial charge is 0.331 e.